The average Bonchev–Trinajstić information content (AvgIpc) is 3.47. The average molecular weight is 568 g/mol. The van der Waals surface area contributed by atoms with Gasteiger partial charge in [0.2, 0.25) is 0 Å². The molecule has 1 N–H and O–H groups in total. The van der Waals surface area contributed by atoms with E-state index in [0.717, 1.165) is 28.4 Å². The Balaban J connectivity index is 1.25. The molecular formula is C39H25N3S. The van der Waals surface area contributed by atoms with E-state index in [0.29, 0.717) is 0 Å². The molecule has 4 heteroatoms. The Morgan fingerprint density at radius 2 is 1.05 bits per heavy atom. The summed E-state index contributed by atoms with van der Waals surface area (Å²) in [7, 11) is 0. The van der Waals surface area contributed by atoms with E-state index in [1.807, 2.05) is 17.4 Å². The van der Waals surface area contributed by atoms with E-state index in [-0.39, 0.29) is 6.17 Å². The van der Waals surface area contributed by atoms with Crippen molar-refractivity contribution in [1.29, 1.82) is 0 Å². The van der Waals surface area contributed by atoms with Gasteiger partial charge in [-0.25, -0.2) is 9.98 Å². The van der Waals surface area contributed by atoms with Crippen molar-refractivity contribution in [2.75, 3.05) is 0 Å². The predicted molar refractivity (Wildman–Crippen MR) is 184 cm³/mol. The number of hydrogen-bond donors (Lipinski definition) is 1. The van der Waals surface area contributed by atoms with Crippen molar-refractivity contribution in [3.8, 4) is 0 Å². The van der Waals surface area contributed by atoms with E-state index in [1.54, 1.807) is 0 Å². The Morgan fingerprint density at radius 3 is 1.79 bits per heavy atom. The molecule has 43 heavy (non-hydrogen) atoms. The van der Waals surface area contributed by atoms with Crippen molar-refractivity contribution in [2.24, 2.45) is 9.98 Å². The molecule has 0 saturated heterocycles. The minimum Gasteiger partial charge on any atom is -0.324 e. The Kier molecular flexibility index (Phi) is 5.43. The van der Waals surface area contributed by atoms with Gasteiger partial charge in [0.05, 0.1) is 0 Å². The highest BCUT2D eigenvalue weighted by atomic mass is 32.1. The Hall–Kier alpha value is -5.32. The van der Waals surface area contributed by atoms with Gasteiger partial charge < -0.3 is 5.32 Å². The molecule has 9 rings (SSSR count). The number of benzene rings is 7. The first-order chi connectivity index (χ1) is 21.3. The highest BCUT2D eigenvalue weighted by molar-refractivity contribution is 7.26. The van der Waals surface area contributed by atoms with Gasteiger partial charge in [0.25, 0.3) is 0 Å². The zero-order chi connectivity index (χ0) is 28.3. The molecule has 202 valence electrons. The number of amidine groups is 2. The molecule has 0 fully saturated rings. The Labute approximate surface area is 252 Å². The molecule has 1 aliphatic heterocycles. The summed E-state index contributed by atoms with van der Waals surface area (Å²) in [6, 6.07) is 49.6. The van der Waals surface area contributed by atoms with Crippen LogP contribution in [0.3, 0.4) is 0 Å². The number of thiophene rings is 1. The van der Waals surface area contributed by atoms with E-state index in [4.69, 9.17) is 9.98 Å². The summed E-state index contributed by atoms with van der Waals surface area (Å²) in [5.41, 5.74) is 3.22. The number of nitrogens with one attached hydrogen (secondary N) is 1. The minimum atomic E-state index is -0.346. The highest BCUT2D eigenvalue weighted by Gasteiger charge is 2.23. The van der Waals surface area contributed by atoms with Gasteiger partial charge >= 0.3 is 0 Å². The molecule has 2 heterocycles. The second kappa shape index (κ2) is 9.62. The van der Waals surface area contributed by atoms with Gasteiger partial charge in [-0.15, -0.1) is 11.3 Å². The van der Waals surface area contributed by atoms with Crippen LogP contribution in [0.2, 0.25) is 0 Å². The number of fused-ring (bicyclic) bond motifs is 9. The maximum atomic E-state index is 5.20. The van der Waals surface area contributed by atoms with Crippen LogP contribution in [0.1, 0.15) is 22.9 Å². The third-order valence-corrected chi connectivity index (χ3v) is 9.73. The fraction of sp³-hybridized carbons (Fsp3) is 0.0256. The zero-order valence-electron chi connectivity index (χ0n) is 23.2. The molecule has 1 unspecified atom stereocenters. The summed E-state index contributed by atoms with van der Waals surface area (Å²) in [5, 5.41) is 13.7. The third kappa shape index (κ3) is 3.88. The van der Waals surface area contributed by atoms with Gasteiger partial charge in [-0.3, -0.25) is 0 Å². The van der Waals surface area contributed by atoms with Crippen LogP contribution in [-0.4, -0.2) is 11.7 Å². The fourth-order valence-corrected chi connectivity index (χ4v) is 7.71. The van der Waals surface area contributed by atoms with Gasteiger partial charge in [-0.2, -0.15) is 0 Å². The summed E-state index contributed by atoms with van der Waals surface area (Å²) in [4.78, 5) is 10.4. The quantitative estimate of drug-likeness (QED) is 0.212. The molecule has 8 aromatic rings. The SMILES string of the molecule is c1ccc(C2N=C(c3ccc4c5ccccc5c5ccccc5c4c3)NC(c3cccc4c3sc3ccccc34)=N2)cc1. The van der Waals surface area contributed by atoms with Crippen LogP contribution in [0.5, 0.6) is 0 Å². The van der Waals surface area contributed by atoms with E-state index >= 15 is 0 Å². The van der Waals surface area contributed by atoms with Crippen LogP contribution in [0.15, 0.2) is 150 Å². The second-order valence-electron chi connectivity index (χ2n) is 11.0. The highest BCUT2D eigenvalue weighted by Crippen LogP contribution is 2.38. The molecule has 0 aliphatic carbocycles. The first-order valence-corrected chi connectivity index (χ1v) is 15.4. The van der Waals surface area contributed by atoms with Crippen molar-refractivity contribution in [1.82, 2.24) is 5.32 Å². The standard InChI is InChI=1S/C39H25N3S/c1-2-11-24(12-3-1)37-40-38(42-39(41-37)33-19-10-18-32-31-17-8-9-20-35(31)43-36(32)33)25-21-22-30-28-15-5-4-13-26(28)27-14-6-7-16-29(27)34(30)23-25/h1-23,37H,(H,40,41,42). The molecule has 0 bridgehead atoms. The van der Waals surface area contributed by atoms with E-state index in [2.05, 4.69) is 139 Å². The smallest absolute Gasteiger partial charge is 0.169 e. The molecule has 0 radical (unpaired) electrons. The Morgan fingerprint density at radius 1 is 0.465 bits per heavy atom. The fourth-order valence-electron chi connectivity index (χ4n) is 6.50. The Bertz CT molecular complexity index is 2400. The van der Waals surface area contributed by atoms with Crippen molar-refractivity contribution < 1.29 is 0 Å². The van der Waals surface area contributed by atoms with E-state index < -0.39 is 0 Å². The second-order valence-corrected chi connectivity index (χ2v) is 12.0. The molecule has 7 aromatic carbocycles. The van der Waals surface area contributed by atoms with Gasteiger partial charge in [0, 0.05) is 31.3 Å². The van der Waals surface area contributed by atoms with Crippen LogP contribution in [-0.2, 0) is 0 Å². The van der Waals surface area contributed by atoms with Gasteiger partial charge in [-0.05, 0) is 56.1 Å². The summed E-state index contributed by atoms with van der Waals surface area (Å²) >= 11 is 1.82. The van der Waals surface area contributed by atoms with E-state index in [1.165, 1.54) is 52.5 Å². The predicted octanol–water partition coefficient (Wildman–Crippen LogP) is 10.0. The molecule has 1 aliphatic rings. The van der Waals surface area contributed by atoms with Crippen LogP contribution in [0, 0.1) is 0 Å². The maximum Gasteiger partial charge on any atom is 0.169 e. The van der Waals surface area contributed by atoms with Gasteiger partial charge in [-0.1, -0.05) is 121 Å². The van der Waals surface area contributed by atoms with Gasteiger partial charge in [0.15, 0.2) is 6.17 Å². The largest absolute Gasteiger partial charge is 0.324 e. The zero-order valence-corrected chi connectivity index (χ0v) is 24.0. The normalized spacial score (nSPS) is 15.2. The van der Waals surface area contributed by atoms with Crippen molar-refractivity contribution in [3.05, 3.63) is 156 Å². The third-order valence-electron chi connectivity index (χ3n) is 8.51. The van der Waals surface area contributed by atoms with Crippen molar-refractivity contribution >= 4 is 75.5 Å². The minimum absolute atomic E-state index is 0.346. The number of rotatable bonds is 3. The maximum absolute atomic E-state index is 5.20. The van der Waals surface area contributed by atoms with Gasteiger partial charge in [0.1, 0.15) is 11.7 Å². The molecule has 0 spiro atoms. The van der Waals surface area contributed by atoms with Crippen LogP contribution in [0.4, 0.5) is 0 Å². The van der Waals surface area contributed by atoms with Crippen LogP contribution >= 0.6 is 11.3 Å². The number of aliphatic imine (C=N–C) groups is 2. The molecular weight excluding hydrogens is 543 g/mol. The molecule has 1 atom stereocenters. The summed E-state index contributed by atoms with van der Waals surface area (Å²) < 4.78 is 2.52. The lowest BCUT2D eigenvalue weighted by Gasteiger charge is -2.23. The lowest BCUT2D eigenvalue weighted by Crippen LogP contribution is -2.36. The molecule has 1 aromatic heterocycles. The molecule has 0 amide bonds. The first kappa shape index (κ1) is 24.3. The number of nitrogens with zero attached hydrogens (tertiary/aromatic N) is 2. The summed E-state index contributed by atoms with van der Waals surface area (Å²) in [6.45, 7) is 0. The first-order valence-electron chi connectivity index (χ1n) is 14.5. The summed E-state index contributed by atoms with van der Waals surface area (Å²) in [5.74, 6) is 1.68. The van der Waals surface area contributed by atoms with Crippen molar-refractivity contribution in [3.63, 3.8) is 0 Å². The topological polar surface area (TPSA) is 36.8 Å². The van der Waals surface area contributed by atoms with E-state index in [9.17, 15) is 0 Å². The molecule has 3 nitrogen and oxygen atoms in total. The lowest BCUT2D eigenvalue weighted by atomic mass is 9.93. The van der Waals surface area contributed by atoms with Crippen LogP contribution < -0.4 is 5.32 Å². The monoisotopic (exact) mass is 567 g/mol. The molecule has 0 saturated carbocycles. The summed E-state index contributed by atoms with van der Waals surface area (Å²) in [6.07, 6.45) is -0.346. The van der Waals surface area contributed by atoms with Crippen LogP contribution in [0.25, 0.3) is 52.5 Å². The number of hydrogen-bond acceptors (Lipinski definition) is 4. The van der Waals surface area contributed by atoms with Crippen molar-refractivity contribution in [2.45, 2.75) is 6.17 Å². The lowest BCUT2D eigenvalue weighted by molar-refractivity contribution is 0.756.